The number of rotatable bonds is 3. The van der Waals surface area contributed by atoms with Crippen LogP contribution >= 0.6 is 11.3 Å². The molecule has 1 saturated heterocycles. The molecule has 1 aliphatic heterocycles. The van der Waals surface area contributed by atoms with E-state index in [0.29, 0.717) is 26.1 Å². The van der Waals surface area contributed by atoms with Crippen molar-refractivity contribution in [3.63, 3.8) is 0 Å². The zero-order chi connectivity index (χ0) is 15.5. The lowest BCUT2D eigenvalue weighted by Crippen LogP contribution is -2.45. The molecule has 1 aliphatic rings. The van der Waals surface area contributed by atoms with Crippen molar-refractivity contribution in [1.29, 1.82) is 0 Å². The fraction of sp³-hybridized carbons (Fsp3) is 0.412. The van der Waals surface area contributed by atoms with Crippen molar-refractivity contribution in [2.75, 3.05) is 19.7 Å². The first-order valence-corrected chi connectivity index (χ1v) is 8.40. The molecule has 1 unspecified atom stereocenters. The lowest BCUT2D eigenvalue weighted by atomic mass is 10.2. The Balaban J connectivity index is 1.66. The Kier molecular flexibility index (Phi) is 4.55. The predicted octanol–water partition coefficient (Wildman–Crippen LogP) is 2.91. The number of amides is 1. The Morgan fingerprint density at radius 1 is 1.41 bits per heavy atom. The van der Waals surface area contributed by atoms with E-state index in [4.69, 9.17) is 4.74 Å². The van der Waals surface area contributed by atoms with E-state index >= 15 is 0 Å². The summed E-state index contributed by atoms with van der Waals surface area (Å²) in [6, 6.07) is 8.31. The van der Waals surface area contributed by atoms with E-state index in [2.05, 4.69) is 36.2 Å². The summed E-state index contributed by atoms with van der Waals surface area (Å²) in [6.07, 6.45) is 0.492. The molecule has 116 valence electrons. The van der Waals surface area contributed by atoms with E-state index in [1.165, 1.54) is 5.56 Å². The molecule has 4 nitrogen and oxygen atoms in total. The first-order valence-electron chi connectivity index (χ1n) is 7.52. The molecule has 0 radical (unpaired) electrons. The van der Waals surface area contributed by atoms with Crippen molar-refractivity contribution >= 4 is 17.2 Å². The number of morpholine rings is 1. The van der Waals surface area contributed by atoms with Gasteiger partial charge in [0.15, 0.2) is 0 Å². The maximum atomic E-state index is 12.3. The van der Waals surface area contributed by atoms with E-state index < -0.39 is 0 Å². The van der Waals surface area contributed by atoms with Gasteiger partial charge in [-0.05, 0) is 13.8 Å². The highest BCUT2D eigenvalue weighted by molar-refractivity contribution is 7.13. The van der Waals surface area contributed by atoms with Crippen LogP contribution in [0.15, 0.2) is 29.6 Å². The maximum Gasteiger partial charge on any atom is 0.228 e. The van der Waals surface area contributed by atoms with Gasteiger partial charge in [-0.15, -0.1) is 11.3 Å². The molecular weight excluding hydrogens is 296 g/mol. The minimum Gasteiger partial charge on any atom is -0.375 e. The van der Waals surface area contributed by atoms with Crippen LogP contribution in [0.3, 0.4) is 0 Å². The van der Waals surface area contributed by atoms with Gasteiger partial charge in [-0.1, -0.05) is 29.8 Å². The minimum atomic E-state index is 0.122. The summed E-state index contributed by atoms with van der Waals surface area (Å²) >= 11 is 1.59. The van der Waals surface area contributed by atoms with Crippen LogP contribution in [0.4, 0.5) is 0 Å². The second kappa shape index (κ2) is 6.58. The van der Waals surface area contributed by atoms with Crippen LogP contribution in [-0.4, -0.2) is 41.6 Å². The second-order valence-corrected chi connectivity index (χ2v) is 6.57. The largest absolute Gasteiger partial charge is 0.375 e. The van der Waals surface area contributed by atoms with Gasteiger partial charge < -0.3 is 9.64 Å². The van der Waals surface area contributed by atoms with Crippen LogP contribution in [0.1, 0.15) is 18.2 Å². The van der Waals surface area contributed by atoms with Crippen molar-refractivity contribution in [1.82, 2.24) is 9.88 Å². The van der Waals surface area contributed by atoms with Gasteiger partial charge in [0, 0.05) is 24.0 Å². The topological polar surface area (TPSA) is 42.4 Å². The highest BCUT2D eigenvalue weighted by atomic mass is 32.1. The number of carbonyl (C=O) groups is 1. The average molecular weight is 316 g/mol. The number of hydrogen-bond acceptors (Lipinski definition) is 4. The number of carbonyl (C=O) groups excluding carboxylic acids is 1. The lowest BCUT2D eigenvalue weighted by molar-refractivity contribution is -0.137. The summed E-state index contributed by atoms with van der Waals surface area (Å²) in [6.45, 7) is 6.04. The maximum absolute atomic E-state index is 12.3. The van der Waals surface area contributed by atoms with Crippen molar-refractivity contribution in [3.05, 3.63) is 40.9 Å². The molecular formula is C17H20N2O2S. The Labute approximate surface area is 134 Å². The van der Waals surface area contributed by atoms with Gasteiger partial charge in [-0.25, -0.2) is 4.98 Å². The van der Waals surface area contributed by atoms with Crippen molar-refractivity contribution in [2.45, 2.75) is 26.4 Å². The molecule has 0 saturated carbocycles. The van der Waals surface area contributed by atoms with Crippen LogP contribution in [0.25, 0.3) is 10.6 Å². The molecule has 1 aromatic heterocycles. The molecule has 0 N–H and O–H groups in total. The third-order valence-corrected chi connectivity index (χ3v) is 4.72. The summed E-state index contributed by atoms with van der Waals surface area (Å²) in [4.78, 5) is 18.8. The van der Waals surface area contributed by atoms with Crippen LogP contribution in [0.5, 0.6) is 0 Å². The summed E-state index contributed by atoms with van der Waals surface area (Å²) in [5, 5.41) is 2.95. The number of nitrogens with zero attached hydrogens (tertiary/aromatic N) is 2. The molecule has 0 aliphatic carbocycles. The Morgan fingerprint density at radius 3 is 2.91 bits per heavy atom. The first-order chi connectivity index (χ1) is 10.6. The van der Waals surface area contributed by atoms with E-state index in [0.717, 1.165) is 16.3 Å². The van der Waals surface area contributed by atoms with Crippen molar-refractivity contribution in [2.24, 2.45) is 0 Å². The molecule has 1 fully saturated rings. The number of aryl methyl sites for hydroxylation is 1. The molecule has 1 amide bonds. The lowest BCUT2D eigenvalue weighted by Gasteiger charge is -2.31. The van der Waals surface area contributed by atoms with E-state index in [-0.39, 0.29) is 12.0 Å². The van der Waals surface area contributed by atoms with E-state index in [1.807, 2.05) is 17.2 Å². The monoisotopic (exact) mass is 316 g/mol. The number of ether oxygens (including phenoxy) is 1. The van der Waals surface area contributed by atoms with Crippen LogP contribution < -0.4 is 0 Å². The fourth-order valence-electron chi connectivity index (χ4n) is 2.53. The number of hydrogen-bond donors (Lipinski definition) is 0. The van der Waals surface area contributed by atoms with Crippen LogP contribution in [0.2, 0.25) is 0 Å². The standard InChI is InChI=1S/C17H20N2O2S/c1-12-3-5-14(6-4-12)17-18-15(11-22-17)9-16(20)19-7-8-21-13(2)10-19/h3-6,11,13H,7-10H2,1-2H3. The normalized spacial score (nSPS) is 18.5. The smallest absolute Gasteiger partial charge is 0.228 e. The Bertz CT molecular complexity index is 651. The number of aromatic nitrogens is 1. The fourth-order valence-corrected chi connectivity index (χ4v) is 3.35. The predicted molar refractivity (Wildman–Crippen MR) is 88.0 cm³/mol. The summed E-state index contributed by atoms with van der Waals surface area (Å²) < 4.78 is 5.47. The van der Waals surface area contributed by atoms with Gasteiger partial charge in [0.2, 0.25) is 5.91 Å². The van der Waals surface area contributed by atoms with Gasteiger partial charge >= 0.3 is 0 Å². The molecule has 2 heterocycles. The molecule has 0 spiro atoms. The van der Waals surface area contributed by atoms with Gasteiger partial charge in [-0.2, -0.15) is 0 Å². The highest BCUT2D eigenvalue weighted by Crippen LogP contribution is 2.24. The van der Waals surface area contributed by atoms with Gasteiger partial charge in [0.1, 0.15) is 5.01 Å². The highest BCUT2D eigenvalue weighted by Gasteiger charge is 2.22. The molecule has 5 heteroatoms. The summed E-state index contributed by atoms with van der Waals surface area (Å²) in [5.41, 5.74) is 3.19. The van der Waals surface area contributed by atoms with Crippen LogP contribution in [0, 0.1) is 6.92 Å². The Hall–Kier alpha value is -1.72. The zero-order valence-electron chi connectivity index (χ0n) is 12.9. The SMILES string of the molecule is Cc1ccc(-c2nc(CC(=O)N3CCOC(C)C3)cs2)cc1. The molecule has 2 aromatic rings. The van der Waals surface area contributed by atoms with Crippen LogP contribution in [-0.2, 0) is 16.0 Å². The third kappa shape index (κ3) is 3.54. The zero-order valence-corrected chi connectivity index (χ0v) is 13.7. The average Bonchev–Trinajstić information content (AvgIpc) is 2.96. The Morgan fingerprint density at radius 2 is 2.18 bits per heavy atom. The molecule has 22 heavy (non-hydrogen) atoms. The summed E-state index contributed by atoms with van der Waals surface area (Å²) in [7, 11) is 0. The number of thiazole rings is 1. The summed E-state index contributed by atoms with van der Waals surface area (Å²) in [5.74, 6) is 0.135. The molecule has 1 atom stereocenters. The van der Waals surface area contributed by atoms with Gasteiger partial charge in [0.05, 0.1) is 24.8 Å². The number of benzene rings is 1. The second-order valence-electron chi connectivity index (χ2n) is 5.71. The third-order valence-electron chi connectivity index (χ3n) is 3.78. The molecule has 3 rings (SSSR count). The molecule has 1 aromatic carbocycles. The van der Waals surface area contributed by atoms with Crippen molar-refractivity contribution < 1.29 is 9.53 Å². The van der Waals surface area contributed by atoms with Gasteiger partial charge in [0.25, 0.3) is 0 Å². The van der Waals surface area contributed by atoms with E-state index in [9.17, 15) is 4.79 Å². The van der Waals surface area contributed by atoms with E-state index in [1.54, 1.807) is 11.3 Å². The quantitative estimate of drug-likeness (QED) is 0.874. The van der Waals surface area contributed by atoms with Gasteiger partial charge in [-0.3, -0.25) is 4.79 Å². The first kappa shape index (κ1) is 15.2. The van der Waals surface area contributed by atoms with Crippen molar-refractivity contribution in [3.8, 4) is 10.6 Å². The minimum absolute atomic E-state index is 0.122. The molecule has 0 bridgehead atoms.